The number of carbonyl (C=O) groups is 1. The average Bonchev–Trinajstić information content (AvgIpc) is 2.85. The molecule has 2 aliphatic carbocycles. The molecule has 120 valence electrons. The van der Waals surface area contributed by atoms with Gasteiger partial charge in [-0.05, 0) is 54.8 Å². The Morgan fingerprint density at radius 2 is 1.90 bits per heavy atom. The van der Waals surface area contributed by atoms with Crippen molar-refractivity contribution in [3.8, 4) is 0 Å². The van der Waals surface area contributed by atoms with Crippen molar-refractivity contribution in [2.45, 2.75) is 77.9 Å². The fraction of sp³-hybridized carbons (Fsp3) is 0.833. The van der Waals surface area contributed by atoms with E-state index in [1.165, 1.54) is 17.6 Å². The molecule has 0 bridgehead atoms. The highest BCUT2D eigenvalue weighted by atomic mass is 28.4. The van der Waals surface area contributed by atoms with Crippen LogP contribution in [0.15, 0.2) is 11.1 Å². The smallest absolute Gasteiger partial charge is 0.191 e. The molecule has 2 aliphatic rings. The monoisotopic (exact) mass is 308 g/mol. The molecule has 3 heteroatoms. The third-order valence-corrected chi connectivity index (χ3v) is 10.3. The van der Waals surface area contributed by atoms with Crippen LogP contribution in [-0.4, -0.2) is 20.7 Å². The van der Waals surface area contributed by atoms with E-state index in [2.05, 4.69) is 40.8 Å². The van der Waals surface area contributed by atoms with Crippen molar-refractivity contribution >= 4 is 14.1 Å². The minimum atomic E-state index is -1.64. The fourth-order valence-corrected chi connectivity index (χ4v) is 4.51. The molecule has 0 radical (unpaired) electrons. The van der Waals surface area contributed by atoms with Crippen LogP contribution in [0.4, 0.5) is 0 Å². The lowest BCUT2D eigenvalue weighted by atomic mass is 10.0. The van der Waals surface area contributed by atoms with Crippen LogP contribution < -0.4 is 0 Å². The lowest BCUT2D eigenvalue weighted by Crippen LogP contribution is -2.41. The van der Waals surface area contributed by atoms with Gasteiger partial charge in [0.1, 0.15) is 0 Å². The molecular formula is C18H32O2Si. The molecule has 0 heterocycles. The normalized spacial score (nSPS) is 26.7. The predicted molar refractivity (Wildman–Crippen MR) is 90.9 cm³/mol. The van der Waals surface area contributed by atoms with Crippen LogP contribution in [0.3, 0.4) is 0 Å². The molecule has 0 saturated heterocycles. The molecule has 21 heavy (non-hydrogen) atoms. The summed E-state index contributed by atoms with van der Waals surface area (Å²) < 4.78 is 6.40. The zero-order chi connectivity index (χ0) is 15.8. The third-order valence-electron chi connectivity index (χ3n) is 5.76. The zero-order valence-electron chi connectivity index (χ0n) is 14.7. The largest absolute Gasteiger partial charge is 0.417 e. The highest BCUT2D eigenvalue weighted by Gasteiger charge is 2.41. The van der Waals surface area contributed by atoms with Crippen LogP contribution in [0.1, 0.15) is 59.8 Å². The second kappa shape index (κ2) is 6.00. The summed E-state index contributed by atoms with van der Waals surface area (Å²) in [5.41, 5.74) is 2.67. The number of hydrogen-bond donors (Lipinski definition) is 0. The van der Waals surface area contributed by atoms with Crippen molar-refractivity contribution in [1.82, 2.24) is 0 Å². The van der Waals surface area contributed by atoms with Crippen molar-refractivity contribution < 1.29 is 9.22 Å². The van der Waals surface area contributed by atoms with Gasteiger partial charge in [0, 0.05) is 13.0 Å². The molecule has 1 unspecified atom stereocenters. The van der Waals surface area contributed by atoms with Gasteiger partial charge in [-0.15, -0.1) is 0 Å². The quantitative estimate of drug-likeness (QED) is 0.660. The molecular weight excluding hydrogens is 276 g/mol. The summed E-state index contributed by atoms with van der Waals surface area (Å²) in [5, 5.41) is 0.282. The van der Waals surface area contributed by atoms with E-state index in [0.29, 0.717) is 17.6 Å². The highest BCUT2D eigenvalue weighted by molar-refractivity contribution is 6.74. The van der Waals surface area contributed by atoms with Gasteiger partial charge in [0.2, 0.25) is 0 Å². The number of hydrogen-bond acceptors (Lipinski definition) is 2. The van der Waals surface area contributed by atoms with Crippen molar-refractivity contribution in [3.63, 3.8) is 0 Å². The molecule has 1 fully saturated rings. The first-order valence-corrected chi connectivity index (χ1v) is 11.5. The Kier molecular flexibility index (Phi) is 4.84. The zero-order valence-corrected chi connectivity index (χ0v) is 15.7. The van der Waals surface area contributed by atoms with Crippen LogP contribution in [0.5, 0.6) is 0 Å². The van der Waals surface area contributed by atoms with E-state index in [-0.39, 0.29) is 5.04 Å². The molecule has 2 atom stereocenters. The Morgan fingerprint density at radius 1 is 1.24 bits per heavy atom. The molecule has 0 aromatic heterocycles. The Hall–Kier alpha value is -0.413. The van der Waals surface area contributed by atoms with E-state index >= 15 is 0 Å². The SMILES string of the molecule is CCCC1=C2C[C@H](CO[Si](C)(C)C(C)(C)C)CC2CC1=O. The Labute approximate surface area is 131 Å². The second-order valence-corrected chi connectivity index (χ2v) is 13.3. The Morgan fingerprint density at radius 3 is 2.48 bits per heavy atom. The van der Waals surface area contributed by atoms with Crippen molar-refractivity contribution in [3.05, 3.63) is 11.1 Å². The van der Waals surface area contributed by atoms with Crippen LogP contribution in [-0.2, 0) is 9.22 Å². The van der Waals surface area contributed by atoms with Gasteiger partial charge in [0.15, 0.2) is 14.1 Å². The molecule has 2 rings (SSSR count). The van der Waals surface area contributed by atoms with E-state index in [4.69, 9.17) is 4.43 Å². The van der Waals surface area contributed by atoms with E-state index in [0.717, 1.165) is 32.3 Å². The standard InChI is InChI=1S/C18H32O2Si/c1-7-8-15-16-10-13(9-14(16)11-17(15)19)12-20-21(5,6)18(2,3)4/h13-14H,7-12H2,1-6H3/t13-,14?/m1/s1. The molecule has 0 amide bonds. The maximum atomic E-state index is 12.1. The minimum absolute atomic E-state index is 0.282. The first kappa shape index (κ1) is 16.9. The first-order chi connectivity index (χ1) is 9.65. The van der Waals surface area contributed by atoms with Gasteiger partial charge in [-0.3, -0.25) is 4.79 Å². The van der Waals surface area contributed by atoms with Gasteiger partial charge in [-0.2, -0.15) is 0 Å². The number of rotatable bonds is 5. The number of fused-ring (bicyclic) bond motifs is 1. The minimum Gasteiger partial charge on any atom is -0.417 e. The third kappa shape index (κ3) is 3.50. The molecule has 0 N–H and O–H groups in total. The average molecular weight is 309 g/mol. The molecule has 0 aliphatic heterocycles. The van der Waals surface area contributed by atoms with Gasteiger partial charge in [0.05, 0.1) is 0 Å². The van der Waals surface area contributed by atoms with E-state index in [9.17, 15) is 4.79 Å². The van der Waals surface area contributed by atoms with Gasteiger partial charge < -0.3 is 4.43 Å². The first-order valence-electron chi connectivity index (χ1n) is 8.54. The molecule has 2 nitrogen and oxygen atoms in total. The van der Waals surface area contributed by atoms with E-state index < -0.39 is 8.32 Å². The topological polar surface area (TPSA) is 26.3 Å². The number of ketones is 1. The molecule has 0 aromatic rings. The van der Waals surface area contributed by atoms with E-state index in [1.54, 1.807) is 0 Å². The Bertz CT molecular complexity index is 443. The fourth-order valence-electron chi connectivity index (χ4n) is 3.43. The maximum Gasteiger partial charge on any atom is 0.191 e. The molecule has 0 aromatic carbocycles. The van der Waals surface area contributed by atoms with Crippen molar-refractivity contribution in [2.75, 3.05) is 6.61 Å². The van der Waals surface area contributed by atoms with E-state index in [1.807, 2.05) is 0 Å². The highest BCUT2D eigenvalue weighted by Crippen LogP contribution is 2.46. The second-order valence-electron chi connectivity index (χ2n) is 8.46. The Balaban J connectivity index is 1.97. The summed E-state index contributed by atoms with van der Waals surface area (Å²) in [6.07, 6.45) is 5.13. The molecule has 1 saturated carbocycles. The lowest BCUT2D eigenvalue weighted by Gasteiger charge is -2.37. The lowest BCUT2D eigenvalue weighted by molar-refractivity contribution is -0.115. The summed E-state index contributed by atoms with van der Waals surface area (Å²) in [7, 11) is -1.64. The van der Waals surface area contributed by atoms with Crippen LogP contribution in [0, 0.1) is 11.8 Å². The summed E-state index contributed by atoms with van der Waals surface area (Å²) in [5.74, 6) is 1.62. The summed E-state index contributed by atoms with van der Waals surface area (Å²) in [4.78, 5) is 12.1. The number of allylic oxidation sites excluding steroid dienone is 2. The van der Waals surface area contributed by atoms with Gasteiger partial charge in [-0.1, -0.05) is 39.7 Å². The number of carbonyl (C=O) groups excluding carboxylic acids is 1. The van der Waals surface area contributed by atoms with Gasteiger partial charge in [-0.25, -0.2) is 0 Å². The summed E-state index contributed by atoms with van der Waals surface area (Å²) in [6, 6.07) is 0. The maximum absolute atomic E-state index is 12.1. The van der Waals surface area contributed by atoms with Crippen LogP contribution >= 0.6 is 0 Å². The summed E-state index contributed by atoms with van der Waals surface area (Å²) >= 11 is 0. The van der Waals surface area contributed by atoms with Crippen molar-refractivity contribution in [1.29, 1.82) is 0 Å². The summed E-state index contributed by atoms with van der Waals surface area (Å²) in [6.45, 7) is 14.6. The van der Waals surface area contributed by atoms with Crippen LogP contribution in [0.25, 0.3) is 0 Å². The number of Topliss-reactive ketones (excluding diaryl/α,β-unsaturated/α-hetero) is 1. The van der Waals surface area contributed by atoms with Gasteiger partial charge in [0.25, 0.3) is 0 Å². The predicted octanol–water partition coefficient (Wildman–Crippen LogP) is 5.10. The molecule has 0 spiro atoms. The van der Waals surface area contributed by atoms with Crippen molar-refractivity contribution in [2.24, 2.45) is 11.8 Å². The van der Waals surface area contributed by atoms with Crippen LogP contribution in [0.2, 0.25) is 18.1 Å². The van der Waals surface area contributed by atoms with Gasteiger partial charge >= 0.3 is 0 Å².